The van der Waals surface area contributed by atoms with Gasteiger partial charge < -0.3 is 10.6 Å². The van der Waals surface area contributed by atoms with Crippen LogP contribution in [0.1, 0.15) is 54.0 Å². The molecule has 0 unspecified atom stereocenters. The molecule has 2 aromatic carbocycles. The van der Waals surface area contributed by atoms with Gasteiger partial charge in [0.15, 0.2) is 0 Å². The standard InChI is InChI=1S/C28H33N5/c1-2-3-10-16-30-27-25(18-29)24-15-17-33(20-23-13-8-5-9-14-23)21-26(24)28(32-27)31-19-22-11-6-4-7-12-22/h4-9,11-14H,2-3,10,15-17,19-21H2,1H3,(H2,30,31,32). The first-order valence-electron chi connectivity index (χ1n) is 12.0. The Morgan fingerprint density at radius 3 is 2.33 bits per heavy atom. The summed E-state index contributed by atoms with van der Waals surface area (Å²) < 4.78 is 0. The summed E-state index contributed by atoms with van der Waals surface area (Å²) in [6.45, 7) is 6.38. The molecule has 3 aromatic rings. The van der Waals surface area contributed by atoms with E-state index in [-0.39, 0.29) is 0 Å². The Balaban J connectivity index is 1.61. The minimum absolute atomic E-state index is 0.708. The van der Waals surface area contributed by atoms with Crippen molar-refractivity contribution in [2.24, 2.45) is 0 Å². The molecule has 170 valence electrons. The Morgan fingerprint density at radius 1 is 0.909 bits per heavy atom. The van der Waals surface area contributed by atoms with Crippen molar-refractivity contribution in [3.8, 4) is 6.07 Å². The SMILES string of the molecule is CCCCCNc1nc(NCc2ccccc2)c2c(c1C#N)CCN(Cc1ccccc1)C2. The van der Waals surface area contributed by atoms with Crippen LogP contribution in [0.15, 0.2) is 60.7 Å². The molecular weight excluding hydrogens is 406 g/mol. The number of rotatable bonds is 10. The number of hydrogen-bond donors (Lipinski definition) is 2. The van der Waals surface area contributed by atoms with Crippen molar-refractivity contribution in [1.29, 1.82) is 5.26 Å². The molecule has 1 aromatic heterocycles. The van der Waals surface area contributed by atoms with Gasteiger partial charge in [0.2, 0.25) is 0 Å². The fourth-order valence-corrected chi connectivity index (χ4v) is 4.43. The van der Waals surface area contributed by atoms with Gasteiger partial charge in [-0.25, -0.2) is 4.98 Å². The number of nitriles is 1. The van der Waals surface area contributed by atoms with Gasteiger partial charge in [0.1, 0.15) is 17.7 Å². The highest BCUT2D eigenvalue weighted by atomic mass is 15.1. The van der Waals surface area contributed by atoms with Crippen LogP contribution in [0.2, 0.25) is 0 Å². The molecule has 0 bridgehead atoms. The fraction of sp³-hybridized carbons (Fsp3) is 0.357. The Morgan fingerprint density at radius 2 is 1.64 bits per heavy atom. The molecule has 0 atom stereocenters. The first-order chi connectivity index (χ1) is 16.3. The van der Waals surface area contributed by atoms with Crippen molar-refractivity contribution in [3.05, 3.63) is 88.5 Å². The summed E-state index contributed by atoms with van der Waals surface area (Å²) in [5, 5.41) is 17.0. The molecule has 2 N–H and O–H groups in total. The monoisotopic (exact) mass is 439 g/mol. The van der Waals surface area contributed by atoms with Gasteiger partial charge in [0.05, 0.1) is 5.56 Å². The van der Waals surface area contributed by atoms with Crippen LogP contribution in [0.5, 0.6) is 0 Å². The molecule has 33 heavy (non-hydrogen) atoms. The van der Waals surface area contributed by atoms with Gasteiger partial charge in [-0.15, -0.1) is 0 Å². The number of nitrogens with zero attached hydrogens (tertiary/aromatic N) is 3. The number of benzene rings is 2. The molecule has 0 aliphatic carbocycles. The molecule has 0 fully saturated rings. The molecular formula is C28H33N5. The zero-order chi connectivity index (χ0) is 22.9. The second-order valence-corrected chi connectivity index (χ2v) is 8.67. The molecule has 5 heteroatoms. The Kier molecular flexibility index (Phi) is 7.94. The topological polar surface area (TPSA) is 64.0 Å². The van der Waals surface area contributed by atoms with Crippen LogP contribution in [0.4, 0.5) is 11.6 Å². The smallest absolute Gasteiger partial charge is 0.146 e. The molecule has 5 nitrogen and oxygen atoms in total. The first kappa shape index (κ1) is 22.8. The largest absolute Gasteiger partial charge is 0.369 e. The highest BCUT2D eigenvalue weighted by Gasteiger charge is 2.25. The maximum Gasteiger partial charge on any atom is 0.146 e. The Hall–Kier alpha value is -3.36. The van der Waals surface area contributed by atoms with Gasteiger partial charge in [0.25, 0.3) is 0 Å². The van der Waals surface area contributed by atoms with Crippen LogP contribution < -0.4 is 10.6 Å². The van der Waals surface area contributed by atoms with E-state index in [1.165, 1.54) is 24.0 Å². The summed E-state index contributed by atoms with van der Waals surface area (Å²) in [6.07, 6.45) is 4.29. The van der Waals surface area contributed by atoms with Gasteiger partial charge in [-0.2, -0.15) is 5.26 Å². The Bertz CT molecular complexity index is 1070. The number of anilines is 2. The van der Waals surface area contributed by atoms with Gasteiger partial charge in [-0.3, -0.25) is 4.90 Å². The number of hydrogen-bond acceptors (Lipinski definition) is 5. The van der Waals surface area contributed by atoms with Crippen LogP contribution in [-0.2, 0) is 26.1 Å². The molecule has 0 amide bonds. The highest BCUT2D eigenvalue weighted by molar-refractivity contribution is 5.66. The second-order valence-electron chi connectivity index (χ2n) is 8.67. The third-order valence-electron chi connectivity index (χ3n) is 6.21. The zero-order valence-electron chi connectivity index (χ0n) is 19.5. The summed E-state index contributed by atoms with van der Waals surface area (Å²) in [5.41, 5.74) is 5.54. The maximum absolute atomic E-state index is 10.0. The normalized spacial score (nSPS) is 13.2. The lowest BCUT2D eigenvalue weighted by atomic mass is 9.95. The summed E-state index contributed by atoms with van der Waals surface area (Å²) in [5.74, 6) is 1.61. The van der Waals surface area contributed by atoms with Crippen molar-refractivity contribution >= 4 is 11.6 Å². The molecule has 0 spiro atoms. The molecule has 2 heterocycles. The molecule has 4 rings (SSSR count). The quantitative estimate of drug-likeness (QED) is 0.395. The van der Waals surface area contributed by atoms with E-state index in [9.17, 15) is 5.26 Å². The van der Waals surface area contributed by atoms with E-state index < -0.39 is 0 Å². The first-order valence-corrected chi connectivity index (χ1v) is 12.0. The minimum atomic E-state index is 0.708. The average molecular weight is 440 g/mol. The third-order valence-corrected chi connectivity index (χ3v) is 6.21. The molecule has 0 radical (unpaired) electrons. The molecule has 1 aliphatic heterocycles. The van der Waals surface area contributed by atoms with E-state index in [0.29, 0.717) is 12.1 Å². The summed E-state index contributed by atoms with van der Waals surface area (Å²) in [7, 11) is 0. The highest BCUT2D eigenvalue weighted by Crippen LogP contribution is 2.32. The van der Waals surface area contributed by atoms with Crippen LogP contribution >= 0.6 is 0 Å². The molecule has 0 saturated heterocycles. The lowest BCUT2D eigenvalue weighted by Gasteiger charge is -2.31. The van der Waals surface area contributed by atoms with E-state index in [2.05, 4.69) is 83.1 Å². The van der Waals surface area contributed by atoms with E-state index in [4.69, 9.17) is 4.98 Å². The van der Waals surface area contributed by atoms with Crippen LogP contribution in [0.3, 0.4) is 0 Å². The van der Waals surface area contributed by atoms with Crippen LogP contribution in [0, 0.1) is 11.3 Å². The van der Waals surface area contributed by atoms with E-state index in [1.54, 1.807) is 0 Å². The maximum atomic E-state index is 10.0. The van der Waals surface area contributed by atoms with Gasteiger partial charge in [0, 0.05) is 38.3 Å². The second kappa shape index (κ2) is 11.5. The summed E-state index contributed by atoms with van der Waals surface area (Å²) in [6, 6.07) is 23.4. The van der Waals surface area contributed by atoms with E-state index in [1.807, 2.05) is 6.07 Å². The van der Waals surface area contributed by atoms with Crippen molar-refractivity contribution in [1.82, 2.24) is 9.88 Å². The fourth-order valence-electron chi connectivity index (χ4n) is 4.43. The molecule has 0 saturated carbocycles. The summed E-state index contributed by atoms with van der Waals surface area (Å²) >= 11 is 0. The van der Waals surface area contributed by atoms with Crippen molar-refractivity contribution in [2.75, 3.05) is 23.7 Å². The summed E-state index contributed by atoms with van der Waals surface area (Å²) in [4.78, 5) is 7.39. The number of unbranched alkanes of at least 4 members (excludes halogenated alkanes) is 2. The lowest BCUT2D eigenvalue weighted by Crippen LogP contribution is -2.32. The lowest BCUT2D eigenvalue weighted by molar-refractivity contribution is 0.245. The Labute approximate surface area is 197 Å². The number of nitrogens with one attached hydrogen (secondary N) is 2. The van der Waals surface area contributed by atoms with Crippen molar-refractivity contribution in [3.63, 3.8) is 0 Å². The zero-order valence-corrected chi connectivity index (χ0v) is 19.5. The number of fused-ring (bicyclic) bond motifs is 1. The number of pyridine rings is 1. The van der Waals surface area contributed by atoms with E-state index in [0.717, 1.165) is 61.8 Å². The van der Waals surface area contributed by atoms with Crippen molar-refractivity contribution in [2.45, 2.75) is 52.2 Å². The number of aromatic nitrogens is 1. The molecule has 1 aliphatic rings. The van der Waals surface area contributed by atoms with Gasteiger partial charge in [-0.1, -0.05) is 80.4 Å². The van der Waals surface area contributed by atoms with Gasteiger partial charge in [-0.05, 0) is 29.5 Å². The van der Waals surface area contributed by atoms with Crippen LogP contribution in [-0.4, -0.2) is 23.0 Å². The van der Waals surface area contributed by atoms with Gasteiger partial charge >= 0.3 is 0 Å². The average Bonchev–Trinajstić information content (AvgIpc) is 2.86. The third kappa shape index (κ3) is 5.91. The van der Waals surface area contributed by atoms with Crippen LogP contribution in [0.25, 0.3) is 0 Å². The minimum Gasteiger partial charge on any atom is -0.369 e. The van der Waals surface area contributed by atoms with E-state index >= 15 is 0 Å². The predicted octanol–water partition coefficient (Wildman–Crippen LogP) is 5.73. The van der Waals surface area contributed by atoms with Crippen molar-refractivity contribution < 1.29 is 0 Å². The predicted molar refractivity (Wildman–Crippen MR) is 135 cm³/mol.